The number of fused-ring (bicyclic) bond motifs is 3. The standard InChI is InChI=1S/C21H24N6O/c22-20-23-12-14-8-10-21(19(14)26-20)9-3-11-27(13-21)18(28)7-6-17-24-15-4-1-2-5-16(15)25-17/h1-2,4-5,12H,3,6-11,13H2,(H,24,25)(H2,22,23,26). The van der Waals surface area contributed by atoms with Gasteiger partial charge in [0.05, 0.1) is 16.7 Å². The second-order valence-corrected chi connectivity index (χ2v) is 8.00. The van der Waals surface area contributed by atoms with E-state index >= 15 is 0 Å². The fraction of sp³-hybridized carbons (Fsp3) is 0.429. The normalized spacial score (nSPS) is 21.4. The third kappa shape index (κ3) is 2.91. The molecule has 1 spiro atoms. The molecular formula is C21H24N6O. The smallest absolute Gasteiger partial charge is 0.223 e. The molecule has 0 saturated carbocycles. The van der Waals surface area contributed by atoms with E-state index in [1.807, 2.05) is 35.4 Å². The molecule has 1 aliphatic heterocycles. The van der Waals surface area contributed by atoms with Crippen molar-refractivity contribution in [2.45, 2.75) is 43.9 Å². The lowest BCUT2D eigenvalue weighted by molar-refractivity contribution is -0.133. The maximum atomic E-state index is 12.9. The van der Waals surface area contributed by atoms with Gasteiger partial charge in [0.2, 0.25) is 11.9 Å². The van der Waals surface area contributed by atoms with Gasteiger partial charge in [-0.05, 0) is 43.4 Å². The number of piperidine rings is 1. The summed E-state index contributed by atoms with van der Waals surface area (Å²) in [6.07, 6.45) is 7.00. The molecule has 0 bridgehead atoms. The number of imidazole rings is 1. The minimum Gasteiger partial charge on any atom is -0.368 e. The molecule has 1 aliphatic carbocycles. The predicted molar refractivity (Wildman–Crippen MR) is 107 cm³/mol. The third-order valence-corrected chi connectivity index (χ3v) is 6.20. The first-order chi connectivity index (χ1) is 13.6. The minimum atomic E-state index is -0.0559. The van der Waals surface area contributed by atoms with Crippen LogP contribution in [-0.2, 0) is 23.1 Å². The van der Waals surface area contributed by atoms with Crippen molar-refractivity contribution in [1.82, 2.24) is 24.8 Å². The van der Waals surface area contributed by atoms with Crippen molar-refractivity contribution in [2.24, 2.45) is 0 Å². The Morgan fingerprint density at radius 3 is 3.04 bits per heavy atom. The van der Waals surface area contributed by atoms with Crippen LogP contribution in [0, 0.1) is 0 Å². The van der Waals surface area contributed by atoms with Crippen LogP contribution in [0.15, 0.2) is 30.5 Å². The number of anilines is 1. The molecule has 2 aliphatic rings. The van der Waals surface area contributed by atoms with Crippen molar-refractivity contribution in [1.29, 1.82) is 0 Å². The predicted octanol–water partition coefficient (Wildman–Crippen LogP) is 2.37. The number of nitrogens with two attached hydrogens (primary N) is 1. The lowest BCUT2D eigenvalue weighted by atomic mass is 9.77. The van der Waals surface area contributed by atoms with Gasteiger partial charge in [0.15, 0.2) is 0 Å². The molecule has 144 valence electrons. The van der Waals surface area contributed by atoms with Crippen LogP contribution >= 0.6 is 0 Å². The molecule has 28 heavy (non-hydrogen) atoms. The van der Waals surface area contributed by atoms with Crippen LogP contribution in [0.5, 0.6) is 0 Å². The molecule has 3 heterocycles. The maximum absolute atomic E-state index is 12.9. The Kier molecular flexibility index (Phi) is 4.03. The SMILES string of the molecule is Nc1ncc2c(n1)C1(CCCN(C(=O)CCc3nc4ccccc4[nH]3)C1)CC2. The Bertz CT molecular complexity index is 1010. The van der Waals surface area contributed by atoms with Gasteiger partial charge in [-0.2, -0.15) is 0 Å². The lowest BCUT2D eigenvalue weighted by Crippen LogP contribution is -2.48. The van der Waals surface area contributed by atoms with Gasteiger partial charge < -0.3 is 15.6 Å². The molecule has 1 amide bonds. The largest absolute Gasteiger partial charge is 0.368 e. The first-order valence-electron chi connectivity index (χ1n) is 9.96. The van der Waals surface area contributed by atoms with E-state index in [-0.39, 0.29) is 11.3 Å². The van der Waals surface area contributed by atoms with E-state index in [0.717, 1.165) is 61.3 Å². The Hall–Kier alpha value is -2.96. The highest BCUT2D eigenvalue weighted by molar-refractivity contribution is 5.77. The van der Waals surface area contributed by atoms with Crippen molar-refractivity contribution >= 4 is 22.9 Å². The van der Waals surface area contributed by atoms with Gasteiger partial charge in [-0.1, -0.05) is 12.1 Å². The van der Waals surface area contributed by atoms with Gasteiger partial charge in [0, 0.05) is 37.5 Å². The quantitative estimate of drug-likeness (QED) is 0.731. The molecule has 7 nitrogen and oxygen atoms in total. The fourth-order valence-electron chi connectivity index (χ4n) is 4.80. The maximum Gasteiger partial charge on any atom is 0.223 e. The Morgan fingerprint density at radius 1 is 1.25 bits per heavy atom. The Labute approximate surface area is 163 Å². The summed E-state index contributed by atoms with van der Waals surface area (Å²) in [6, 6.07) is 7.95. The molecule has 1 aromatic carbocycles. The summed E-state index contributed by atoms with van der Waals surface area (Å²) in [5.74, 6) is 1.39. The number of hydrogen-bond donors (Lipinski definition) is 2. The zero-order valence-electron chi connectivity index (χ0n) is 15.8. The lowest BCUT2D eigenvalue weighted by Gasteiger charge is -2.40. The highest BCUT2D eigenvalue weighted by atomic mass is 16.2. The molecule has 3 aromatic rings. The van der Waals surface area contributed by atoms with E-state index in [9.17, 15) is 4.79 Å². The van der Waals surface area contributed by atoms with Crippen LogP contribution in [0.1, 0.15) is 42.8 Å². The van der Waals surface area contributed by atoms with E-state index in [1.54, 1.807) is 0 Å². The number of hydrogen-bond acceptors (Lipinski definition) is 5. The first-order valence-corrected chi connectivity index (χ1v) is 9.96. The molecule has 7 heteroatoms. The molecule has 1 saturated heterocycles. The second kappa shape index (κ2) is 6.58. The average molecular weight is 376 g/mol. The number of likely N-dealkylation sites (tertiary alicyclic amines) is 1. The monoisotopic (exact) mass is 376 g/mol. The van der Waals surface area contributed by atoms with Crippen LogP contribution in [0.2, 0.25) is 0 Å². The summed E-state index contributed by atoms with van der Waals surface area (Å²) in [6.45, 7) is 1.55. The van der Waals surface area contributed by atoms with E-state index in [4.69, 9.17) is 5.73 Å². The summed E-state index contributed by atoms with van der Waals surface area (Å²) in [7, 11) is 0. The number of nitrogens with zero attached hydrogens (tertiary/aromatic N) is 4. The van der Waals surface area contributed by atoms with Crippen LogP contribution in [0.3, 0.4) is 0 Å². The number of benzene rings is 1. The summed E-state index contributed by atoms with van der Waals surface area (Å²) < 4.78 is 0. The van der Waals surface area contributed by atoms with E-state index in [0.29, 0.717) is 18.8 Å². The van der Waals surface area contributed by atoms with Gasteiger partial charge in [-0.3, -0.25) is 4.79 Å². The number of aromatic amines is 1. The van der Waals surface area contributed by atoms with Gasteiger partial charge in [0.25, 0.3) is 0 Å². The highest BCUT2D eigenvalue weighted by Crippen LogP contribution is 2.44. The zero-order valence-corrected chi connectivity index (χ0v) is 15.8. The number of para-hydroxylation sites is 2. The molecule has 5 rings (SSSR count). The van der Waals surface area contributed by atoms with Gasteiger partial charge >= 0.3 is 0 Å². The summed E-state index contributed by atoms with van der Waals surface area (Å²) >= 11 is 0. The third-order valence-electron chi connectivity index (χ3n) is 6.20. The number of aromatic nitrogens is 4. The summed E-state index contributed by atoms with van der Waals surface area (Å²) in [4.78, 5) is 31.5. The van der Waals surface area contributed by atoms with Crippen molar-refractivity contribution in [3.8, 4) is 0 Å². The molecule has 1 fully saturated rings. The van der Waals surface area contributed by atoms with Crippen molar-refractivity contribution in [2.75, 3.05) is 18.8 Å². The molecular weight excluding hydrogens is 352 g/mol. The van der Waals surface area contributed by atoms with E-state index < -0.39 is 0 Å². The van der Waals surface area contributed by atoms with E-state index in [1.165, 1.54) is 5.56 Å². The average Bonchev–Trinajstić information content (AvgIpc) is 3.28. The second-order valence-electron chi connectivity index (χ2n) is 8.00. The van der Waals surface area contributed by atoms with Gasteiger partial charge in [-0.15, -0.1) is 0 Å². The molecule has 1 atom stereocenters. The van der Waals surface area contributed by atoms with Gasteiger partial charge in [0.1, 0.15) is 5.82 Å². The van der Waals surface area contributed by atoms with Crippen LogP contribution in [0.4, 0.5) is 5.95 Å². The van der Waals surface area contributed by atoms with Crippen molar-refractivity contribution in [3.63, 3.8) is 0 Å². The number of carbonyl (C=O) groups excluding carboxylic acids is 1. The van der Waals surface area contributed by atoms with Crippen molar-refractivity contribution < 1.29 is 4.79 Å². The fourth-order valence-corrected chi connectivity index (χ4v) is 4.80. The number of amides is 1. The topological polar surface area (TPSA) is 101 Å². The molecule has 1 unspecified atom stereocenters. The minimum absolute atomic E-state index is 0.0559. The molecule has 3 N–H and O–H groups in total. The number of aryl methyl sites for hydroxylation is 2. The first kappa shape index (κ1) is 17.2. The summed E-state index contributed by atoms with van der Waals surface area (Å²) in [5.41, 5.74) is 10.0. The van der Waals surface area contributed by atoms with E-state index in [2.05, 4.69) is 19.9 Å². The summed E-state index contributed by atoms with van der Waals surface area (Å²) in [5, 5.41) is 0. The highest BCUT2D eigenvalue weighted by Gasteiger charge is 2.44. The molecule has 2 aromatic heterocycles. The Morgan fingerprint density at radius 2 is 2.14 bits per heavy atom. The number of rotatable bonds is 3. The number of nitrogen functional groups attached to an aromatic ring is 1. The number of H-pyrrole nitrogens is 1. The van der Waals surface area contributed by atoms with Crippen LogP contribution in [-0.4, -0.2) is 43.8 Å². The number of nitrogens with one attached hydrogen (secondary N) is 1. The van der Waals surface area contributed by atoms with Crippen LogP contribution < -0.4 is 5.73 Å². The Balaban J connectivity index is 1.29. The number of carbonyl (C=O) groups is 1. The zero-order chi connectivity index (χ0) is 19.1. The molecule has 0 radical (unpaired) electrons. The van der Waals surface area contributed by atoms with Crippen molar-refractivity contribution in [3.05, 3.63) is 47.5 Å². The van der Waals surface area contributed by atoms with Gasteiger partial charge in [-0.25, -0.2) is 15.0 Å². The van der Waals surface area contributed by atoms with Crippen LogP contribution in [0.25, 0.3) is 11.0 Å².